The summed E-state index contributed by atoms with van der Waals surface area (Å²) in [5.74, 6) is 5.77. The van der Waals surface area contributed by atoms with E-state index in [1.165, 1.54) is 0 Å². The number of nitrogens with one attached hydrogen (secondary N) is 3. The molecule has 0 heterocycles. The van der Waals surface area contributed by atoms with Gasteiger partial charge in [0.15, 0.2) is 0 Å². The smallest absolute Gasteiger partial charge is 0.242 e. The van der Waals surface area contributed by atoms with Crippen LogP contribution in [0, 0.1) is 0 Å². The van der Waals surface area contributed by atoms with Crippen LogP contribution in [0.2, 0.25) is 0 Å². The van der Waals surface area contributed by atoms with Crippen molar-refractivity contribution in [2.75, 3.05) is 19.8 Å². The van der Waals surface area contributed by atoms with Crippen LogP contribution >= 0.6 is 0 Å². The van der Waals surface area contributed by atoms with Gasteiger partial charge in [0, 0.05) is 25.8 Å². The van der Waals surface area contributed by atoms with Crippen molar-refractivity contribution in [2.24, 2.45) is 10.8 Å². The fourth-order valence-corrected chi connectivity index (χ4v) is 1.46. The lowest BCUT2D eigenvalue weighted by atomic mass is 10.3. The molecule has 19 heavy (non-hydrogen) atoms. The number of carbonyl (C=O) groups excluding carboxylic acids is 1. The number of hydrazine groups is 1. The van der Waals surface area contributed by atoms with Crippen molar-refractivity contribution < 1.29 is 9.53 Å². The van der Waals surface area contributed by atoms with Crippen molar-refractivity contribution in [3.8, 4) is 0 Å². The number of carbonyl (C=O) groups is 1. The first-order chi connectivity index (χ1) is 9.17. The Morgan fingerprint density at radius 2 is 2.26 bits per heavy atom. The van der Waals surface area contributed by atoms with Gasteiger partial charge in [-0.1, -0.05) is 0 Å². The highest BCUT2D eigenvalue weighted by atomic mass is 16.5. The predicted molar refractivity (Wildman–Crippen MR) is 74.5 cm³/mol. The topological polar surface area (TPSA) is 101 Å². The van der Waals surface area contributed by atoms with Crippen LogP contribution in [0.1, 0.15) is 33.1 Å². The summed E-state index contributed by atoms with van der Waals surface area (Å²) < 4.78 is 5.21. The summed E-state index contributed by atoms with van der Waals surface area (Å²) in [4.78, 5) is 16.0. The van der Waals surface area contributed by atoms with Crippen molar-refractivity contribution >= 4 is 11.9 Å². The Hall–Kier alpha value is -1.34. The third-order valence-corrected chi connectivity index (χ3v) is 2.73. The summed E-state index contributed by atoms with van der Waals surface area (Å²) in [6, 6.07) is -0.00328. The number of amides is 1. The van der Waals surface area contributed by atoms with E-state index < -0.39 is 0 Å². The van der Waals surface area contributed by atoms with E-state index in [2.05, 4.69) is 21.1 Å². The molecule has 1 rings (SSSR count). The number of nitrogens with two attached hydrogens (primary N) is 1. The molecule has 1 amide bonds. The van der Waals surface area contributed by atoms with Gasteiger partial charge in [0.25, 0.3) is 0 Å². The highest BCUT2D eigenvalue weighted by molar-refractivity contribution is 5.88. The molecule has 1 unspecified atom stereocenters. The number of ether oxygens (including phenoxy) is 1. The van der Waals surface area contributed by atoms with E-state index in [1.807, 2.05) is 6.92 Å². The van der Waals surface area contributed by atoms with E-state index in [1.54, 1.807) is 6.92 Å². The first-order valence-corrected chi connectivity index (χ1v) is 6.83. The lowest BCUT2D eigenvalue weighted by Crippen LogP contribution is -2.51. The van der Waals surface area contributed by atoms with E-state index in [0.29, 0.717) is 31.8 Å². The zero-order valence-corrected chi connectivity index (χ0v) is 11.7. The molecule has 7 nitrogen and oxygen atoms in total. The summed E-state index contributed by atoms with van der Waals surface area (Å²) in [6.45, 7) is 5.73. The molecular formula is C12H25N5O2. The van der Waals surface area contributed by atoms with Crippen LogP contribution in [-0.4, -0.2) is 43.7 Å². The molecule has 0 bridgehead atoms. The lowest BCUT2D eigenvalue weighted by molar-refractivity contribution is -0.122. The molecule has 0 aromatic rings. The average Bonchev–Trinajstić information content (AvgIpc) is 3.20. The van der Waals surface area contributed by atoms with Gasteiger partial charge in [0.2, 0.25) is 11.9 Å². The molecule has 0 aromatic heterocycles. The molecule has 7 heteroatoms. The molecule has 0 radical (unpaired) electrons. The monoisotopic (exact) mass is 271 g/mol. The highest BCUT2D eigenvalue weighted by Crippen LogP contribution is 2.18. The lowest BCUT2D eigenvalue weighted by Gasteiger charge is -2.16. The average molecular weight is 271 g/mol. The van der Waals surface area contributed by atoms with Crippen LogP contribution in [0.3, 0.4) is 0 Å². The van der Waals surface area contributed by atoms with E-state index in [0.717, 1.165) is 19.3 Å². The van der Waals surface area contributed by atoms with E-state index in [9.17, 15) is 4.79 Å². The van der Waals surface area contributed by atoms with Crippen LogP contribution in [0.25, 0.3) is 0 Å². The molecule has 1 atom stereocenters. The molecule has 1 saturated carbocycles. The predicted octanol–water partition coefficient (Wildman–Crippen LogP) is -0.511. The number of aliphatic imine (C=N–C) groups is 1. The number of guanidine groups is 1. The Morgan fingerprint density at radius 1 is 1.53 bits per heavy atom. The third-order valence-electron chi connectivity index (χ3n) is 2.73. The van der Waals surface area contributed by atoms with Gasteiger partial charge in [-0.15, -0.1) is 0 Å². The maximum absolute atomic E-state index is 11.7. The Morgan fingerprint density at radius 3 is 2.84 bits per heavy atom. The van der Waals surface area contributed by atoms with Crippen molar-refractivity contribution in [3.63, 3.8) is 0 Å². The summed E-state index contributed by atoms with van der Waals surface area (Å²) in [6.07, 6.45) is 2.97. The second kappa shape index (κ2) is 8.71. The molecule has 0 saturated heterocycles. The molecule has 1 fully saturated rings. The van der Waals surface area contributed by atoms with Crippen molar-refractivity contribution in [1.29, 1.82) is 0 Å². The van der Waals surface area contributed by atoms with E-state index in [-0.39, 0.29) is 11.9 Å². The van der Waals surface area contributed by atoms with E-state index in [4.69, 9.17) is 10.6 Å². The molecule has 0 aliphatic heterocycles. The van der Waals surface area contributed by atoms with Gasteiger partial charge >= 0.3 is 0 Å². The minimum atomic E-state index is -0.359. The molecule has 110 valence electrons. The summed E-state index contributed by atoms with van der Waals surface area (Å²) in [5, 5.41) is 5.87. The molecular weight excluding hydrogens is 246 g/mol. The van der Waals surface area contributed by atoms with Gasteiger partial charge in [-0.3, -0.25) is 15.2 Å². The molecule has 1 aliphatic rings. The quantitative estimate of drug-likeness (QED) is 0.157. The zero-order valence-electron chi connectivity index (χ0n) is 11.7. The van der Waals surface area contributed by atoms with Crippen molar-refractivity contribution in [2.45, 2.75) is 45.2 Å². The van der Waals surface area contributed by atoms with Crippen LogP contribution in [-0.2, 0) is 9.53 Å². The first-order valence-electron chi connectivity index (χ1n) is 6.83. The van der Waals surface area contributed by atoms with Crippen molar-refractivity contribution in [1.82, 2.24) is 16.1 Å². The minimum absolute atomic E-state index is 0.0280. The Labute approximate surface area is 114 Å². The summed E-state index contributed by atoms with van der Waals surface area (Å²) in [5.41, 5.74) is 2.47. The SMILES string of the molecule is CCOCCCN=C(NN)NC(C)C(=O)NC1CC1. The summed E-state index contributed by atoms with van der Waals surface area (Å²) in [7, 11) is 0. The molecule has 5 N–H and O–H groups in total. The summed E-state index contributed by atoms with van der Waals surface area (Å²) >= 11 is 0. The molecule has 1 aliphatic carbocycles. The van der Waals surface area contributed by atoms with Gasteiger partial charge in [-0.25, -0.2) is 5.84 Å². The molecule has 0 aromatic carbocycles. The van der Waals surface area contributed by atoms with Crippen LogP contribution in [0.5, 0.6) is 0 Å². The van der Waals surface area contributed by atoms with Gasteiger partial charge < -0.3 is 15.4 Å². The largest absolute Gasteiger partial charge is 0.382 e. The Kier molecular flexibility index (Phi) is 7.20. The number of hydrogen-bond donors (Lipinski definition) is 4. The third kappa shape index (κ3) is 6.97. The fraction of sp³-hybridized carbons (Fsp3) is 0.833. The maximum Gasteiger partial charge on any atom is 0.242 e. The number of nitrogens with zero attached hydrogens (tertiary/aromatic N) is 1. The van der Waals surface area contributed by atoms with Gasteiger partial charge in [-0.05, 0) is 33.1 Å². The standard InChI is InChI=1S/C12H25N5O2/c1-3-19-8-4-7-14-12(17-13)15-9(2)11(18)16-10-5-6-10/h9-10H,3-8,13H2,1-2H3,(H,16,18)(H2,14,15,17). The second-order valence-corrected chi connectivity index (χ2v) is 4.57. The van der Waals surface area contributed by atoms with Gasteiger partial charge in [0.1, 0.15) is 6.04 Å². The Bertz CT molecular complexity index is 304. The highest BCUT2D eigenvalue weighted by Gasteiger charge is 2.25. The first kappa shape index (κ1) is 15.7. The van der Waals surface area contributed by atoms with E-state index >= 15 is 0 Å². The van der Waals surface area contributed by atoms with Crippen LogP contribution in [0.15, 0.2) is 4.99 Å². The van der Waals surface area contributed by atoms with Gasteiger partial charge in [0.05, 0.1) is 0 Å². The normalized spacial score (nSPS) is 16.9. The number of hydrogen-bond acceptors (Lipinski definition) is 4. The zero-order chi connectivity index (χ0) is 14.1. The maximum atomic E-state index is 11.7. The van der Waals surface area contributed by atoms with Gasteiger partial charge in [-0.2, -0.15) is 0 Å². The second-order valence-electron chi connectivity index (χ2n) is 4.57. The minimum Gasteiger partial charge on any atom is -0.382 e. The molecule has 0 spiro atoms. The van der Waals surface area contributed by atoms with Crippen molar-refractivity contribution in [3.05, 3.63) is 0 Å². The fourth-order valence-electron chi connectivity index (χ4n) is 1.46. The Balaban J connectivity index is 2.24. The number of rotatable bonds is 8. The van der Waals surface area contributed by atoms with Crippen LogP contribution in [0.4, 0.5) is 0 Å². The van der Waals surface area contributed by atoms with Crippen LogP contribution < -0.4 is 21.9 Å².